The second kappa shape index (κ2) is 13.3. The Hall–Kier alpha value is -7.66. The van der Waals surface area contributed by atoms with E-state index >= 15 is 0 Å². The minimum absolute atomic E-state index is 0.476. The van der Waals surface area contributed by atoms with Gasteiger partial charge in [-0.25, -0.2) is 0 Å². The van der Waals surface area contributed by atoms with Gasteiger partial charge in [0.25, 0.3) is 0 Å². The quantitative estimate of drug-likeness (QED) is 0.172. The second-order valence-electron chi connectivity index (χ2n) is 14.2. The first-order chi connectivity index (χ1) is 27.7. The van der Waals surface area contributed by atoms with Gasteiger partial charge in [-0.1, -0.05) is 128 Å². The van der Waals surface area contributed by atoms with Crippen LogP contribution in [0.3, 0.4) is 0 Å². The van der Waals surface area contributed by atoms with Crippen LogP contribution >= 0.6 is 0 Å². The Morgan fingerprint density at radius 1 is 0.446 bits per heavy atom. The van der Waals surface area contributed by atoms with E-state index in [0.29, 0.717) is 11.1 Å². The summed E-state index contributed by atoms with van der Waals surface area (Å²) in [6, 6.07) is 66.5. The van der Waals surface area contributed by atoms with Gasteiger partial charge in [-0.2, -0.15) is 10.5 Å². The van der Waals surface area contributed by atoms with Crippen LogP contribution in [0.5, 0.6) is 0 Å². The molecule has 0 fully saturated rings. The number of nitriles is 2. The third kappa shape index (κ3) is 5.05. The van der Waals surface area contributed by atoms with Crippen LogP contribution in [0.1, 0.15) is 23.6 Å². The molecule has 0 spiro atoms. The Morgan fingerprint density at radius 3 is 1.75 bits per heavy atom. The van der Waals surface area contributed by atoms with Crippen molar-refractivity contribution in [3.05, 3.63) is 193 Å². The van der Waals surface area contributed by atoms with Crippen LogP contribution in [-0.4, -0.2) is 9.13 Å². The topological polar surface area (TPSA) is 57.4 Å². The van der Waals surface area contributed by atoms with E-state index in [1.165, 1.54) is 43.7 Å². The van der Waals surface area contributed by atoms with Crippen LogP contribution in [0.4, 0.5) is 0 Å². The molecule has 0 unspecified atom stereocenters. The van der Waals surface area contributed by atoms with E-state index in [0.717, 1.165) is 56.6 Å². The molecule has 0 saturated heterocycles. The minimum atomic E-state index is 0.476. The zero-order valence-corrected chi connectivity index (χ0v) is 30.7. The summed E-state index contributed by atoms with van der Waals surface area (Å²) in [4.78, 5) is 0. The largest absolute Gasteiger partial charge is 0.309 e. The summed E-state index contributed by atoms with van der Waals surface area (Å²) in [7, 11) is 0. The Morgan fingerprint density at radius 2 is 1.02 bits per heavy atom. The van der Waals surface area contributed by atoms with E-state index in [4.69, 9.17) is 0 Å². The summed E-state index contributed by atoms with van der Waals surface area (Å²) in [5.41, 5.74) is 15.4. The molecule has 56 heavy (non-hydrogen) atoms. The zero-order chi connectivity index (χ0) is 37.8. The molecule has 0 N–H and O–H groups in total. The number of benzene rings is 8. The number of para-hydroxylation sites is 4. The number of nitrogens with zero attached hydrogens (tertiary/aromatic N) is 4. The highest BCUT2D eigenvalue weighted by Gasteiger charge is 2.22. The van der Waals surface area contributed by atoms with Gasteiger partial charge < -0.3 is 9.13 Å². The van der Waals surface area contributed by atoms with E-state index in [2.05, 4.69) is 180 Å². The Labute approximate surface area is 325 Å². The van der Waals surface area contributed by atoms with Crippen LogP contribution in [-0.2, 0) is 6.42 Å². The summed E-state index contributed by atoms with van der Waals surface area (Å²) in [5.74, 6) is 0. The molecule has 262 valence electrons. The van der Waals surface area contributed by atoms with Crippen LogP contribution in [0.15, 0.2) is 176 Å². The van der Waals surface area contributed by atoms with Gasteiger partial charge in [0.2, 0.25) is 0 Å². The van der Waals surface area contributed by atoms with E-state index in [1.54, 1.807) is 12.1 Å². The van der Waals surface area contributed by atoms with Gasteiger partial charge in [0.05, 0.1) is 56.7 Å². The maximum atomic E-state index is 10.0. The average molecular weight is 715 g/mol. The zero-order valence-electron chi connectivity index (χ0n) is 30.7. The lowest BCUT2D eigenvalue weighted by Gasteiger charge is -2.20. The molecule has 0 atom stereocenters. The first-order valence-electron chi connectivity index (χ1n) is 19.0. The molecule has 0 amide bonds. The SMILES string of the molecule is CCc1cccc(-c2ccccc2-n2c3ccccc3c3c(-n4c5ccccc5c5ccccc54)cccc32)c1-c1cccc(-c2ccc(C#N)cc2C#N)c1. The number of aryl methyl sites for hydroxylation is 1. The van der Waals surface area contributed by atoms with Gasteiger partial charge in [-0.05, 0) is 94.4 Å². The fraction of sp³-hybridized carbons (Fsp3) is 0.0385. The molecule has 0 radical (unpaired) electrons. The summed E-state index contributed by atoms with van der Waals surface area (Å²) in [5, 5.41) is 24.4. The average Bonchev–Trinajstić information content (AvgIpc) is 3.79. The number of rotatable bonds is 6. The maximum absolute atomic E-state index is 10.0. The van der Waals surface area contributed by atoms with E-state index < -0.39 is 0 Å². The highest BCUT2D eigenvalue weighted by atomic mass is 15.0. The Kier molecular flexibility index (Phi) is 7.84. The van der Waals surface area contributed by atoms with Crippen molar-refractivity contribution in [1.82, 2.24) is 9.13 Å². The van der Waals surface area contributed by atoms with E-state index in [9.17, 15) is 10.5 Å². The van der Waals surface area contributed by atoms with Gasteiger partial charge >= 0.3 is 0 Å². The maximum Gasteiger partial charge on any atom is 0.0998 e. The molecule has 4 heteroatoms. The summed E-state index contributed by atoms with van der Waals surface area (Å²) in [6.07, 6.45) is 0.855. The van der Waals surface area contributed by atoms with E-state index in [-0.39, 0.29) is 0 Å². The van der Waals surface area contributed by atoms with Crippen molar-refractivity contribution in [3.8, 4) is 56.9 Å². The molecule has 0 aliphatic carbocycles. The number of aromatic nitrogens is 2. The highest BCUT2D eigenvalue weighted by molar-refractivity contribution is 6.16. The molecular formula is C52H34N4. The first-order valence-corrected chi connectivity index (χ1v) is 19.0. The molecule has 0 bridgehead atoms. The molecule has 10 rings (SSSR count). The Balaban J connectivity index is 1.22. The predicted octanol–water partition coefficient (Wildman–Crippen LogP) is 13.2. The van der Waals surface area contributed by atoms with Crippen LogP contribution in [0.25, 0.3) is 88.4 Å². The summed E-state index contributed by atoms with van der Waals surface area (Å²) >= 11 is 0. The lowest BCUT2D eigenvalue weighted by molar-refractivity contribution is 1.14. The second-order valence-corrected chi connectivity index (χ2v) is 14.2. The molecule has 2 aromatic heterocycles. The van der Waals surface area contributed by atoms with Crippen molar-refractivity contribution in [2.24, 2.45) is 0 Å². The smallest absolute Gasteiger partial charge is 0.0998 e. The van der Waals surface area contributed by atoms with Gasteiger partial charge in [-0.15, -0.1) is 0 Å². The minimum Gasteiger partial charge on any atom is -0.309 e. The normalized spacial score (nSPS) is 11.3. The molecule has 4 nitrogen and oxygen atoms in total. The Bertz CT molecular complexity index is 3220. The molecule has 0 aliphatic heterocycles. The lowest BCUT2D eigenvalue weighted by Crippen LogP contribution is -2.00. The molecule has 10 aromatic rings. The highest BCUT2D eigenvalue weighted by Crippen LogP contribution is 2.44. The van der Waals surface area contributed by atoms with E-state index in [1.807, 2.05) is 12.1 Å². The number of fused-ring (bicyclic) bond motifs is 6. The first kappa shape index (κ1) is 32.9. The third-order valence-corrected chi connectivity index (χ3v) is 11.2. The molecule has 8 aromatic carbocycles. The van der Waals surface area contributed by atoms with Crippen molar-refractivity contribution in [1.29, 1.82) is 10.5 Å². The molecule has 0 aliphatic rings. The van der Waals surface area contributed by atoms with Gasteiger partial charge in [0.15, 0.2) is 0 Å². The molecule has 0 saturated carbocycles. The van der Waals surface area contributed by atoms with Crippen molar-refractivity contribution >= 4 is 43.6 Å². The fourth-order valence-corrected chi connectivity index (χ4v) is 8.79. The molecular weight excluding hydrogens is 681 g/mol. The van der Waals surface area contributed by atoms with Crippen LogP contribution in [0.2, 0.25) is 0 Å². The van der Waals surface area contributed by atoms with Crippen molar-refractivity contribution in [2.45, 2.75) is 13.3 Å². The standard InChI is InChI=1S/C52H34N4/c1-2-35-14-12-21-43(51(35)37-16-11-15-36(31-37)39-29-28-34(32-53)30-38(39)33-54)42-19-5-9-24-47(42)56-48-25-10-6-20-44(48)52-49(26-13-27-50(52)56)55-45-22-7-3-17-40(45)41-18-4-8-23-46(41)55/h3-31H,2H2,1H3. The predicted molar refractivity (Wildman–Crippen MR) is 230 cm³/mol. The summed E-state index contributed by atoms with van der Waals surface area (Å²) < 4.78 is 4.86. The number of hydrogen-bond acceptors (Lipinski definition) is 2. The van der Waals surface area contributed by atoms with Crippen molar-refractivity contribution in [2.75, 3.05) is 0 Å². The molecule has 2 heterocycles. The van der Waals surface area contributed by atoms with Crippen LogP contribution in [0, 0.1) is 22.7 Å². The van der Waals surface area contributed by atoms with Crippen molar-refractivity contribution < 1.29 is 0 Å². The third-order valence-electron chi connectivity index (χ3n) is 11.2. The van der Waals surface area contributed by atoms with Gasteiger partial charge in [-0.3, -0.25) is 0 Å². The van der Waals surface area contributed by atoms with Gasteiger partial charge in [0.1, 0.15) is 0 Å². The monoisotopic (exact) mass is 714 g/mol. The fourth-order valence-electron chi connectivity index (χ4n) is 8.79. The lowest BCUT2D eigenvalue weighted by atomic mass is 9.87. The summed E-state index contributed by atoms with van der Waals surface area (Å²) in [6.45, 7) is 2.20. The van der Waals surface area contributed by atoms with Gasteiger partial charge in [0, 0.05) is 27.1 Å². The van der Waals surface area contributed by atoms with Crippen molar-refractivity contribution in [3.63, 3.8) is 0 Å². The number of hydrogen-bond donors (Lipinski definition) is 0. The van der Waals surface area contributed by atoms with Crippen LogP contribution < -0.4 is 0 Å².